The summed E-state index contributed by atoms with van der Waals surface area (Å²) in [5.74, 6) is 0.290. The maximum atomic E-state index is 6.02. The Kier molecular flexibility index (Phi) is 4.39. The van der Waals surface area contributed by atoms with Crippen molar-refractivity contribution in [3.63, 3.8) is 0 Å². The van der Waals surface area contributed by atoms with Gasteiger partial charge in [0.05, 0.1) is 6.20 Å². The fourth-order valence-electron chi connectivity index (χ4n) is 2.07. The molecule has 0 aliphatic heterocycles. The van der Waals surface area contributed by atoms with E-state index in [2.05, 4.69) is 24.3 Å². The van der Waals surface area contributed by atoms with Crippen LogP contribution in [0.2, 0.25) is 5.02 Å². The van der Waals surface area contributed by atoms with Crippen LogP contribution in [0.4, 0.5) is 0 Å². The van der Waals surface area contributed by atoms with Gasteiger partial charge in [0.25, 0.3) is 0 Å². The van der Waals surface area contributed by atoms with Gasteiger partial charge in [-0.2, -0.15) is 5.10 Å². The third kappa shape index (κ3) is 3.12. The summed E-state index contributed by atoms with van der Waals surface area (Å²) in [5, 5.41) is 5.04. The molecule has 4 heteroatoms. The molecule has 0 spiro atoms. The molecule has 0 aliphatic carbocycles. The molecule has 96 valence electrons. The quantitative estimate of drug-likeness (QED) is 0.902. The van der Waals surface area contributed by atoms with E-state index in [-0.39, 0.29) is 0 Å². The minimum absolute atomic E-state index is 0.290. The van der Waals surface area contributed by atoms with E-state index in [1.54, 1.807) is 0 Å². The fourth-order valence-corrected chi connectivity index (χ4v) is 2.27. The van der Waals surface area contributed by atoms with Gasteiger partial charge in [-0.05, 0) is 43.1 Å². The Morgan fingerprint density at radius 1 is 1.44 bits per heavy atom. The molecule has 0 saturated heterocycles. The van der Waals surface area contributed by atoms with Crippen LogP contribution in [0.1, 0.15) is 24.0 Å². The fraction of sp³-hybridized carbons (Fsp3) is 0.357. The lowest BCUT2D eigenvalue weighted by Crippen LogP contribution is -2.14. The van der Waals surface area contributed by atoms with Crippen molar-refractivity contribution < 1.29 is 0 Å². The van der Waals surface area contributed by atoms with Gasteiger partial charge in [0, 0.05) is 23.7 Å². The monoisotopic (exact) mass is 263 g/mol. The lowest BCUT2D eigenvalue weighted by molar-refractivity contribution is 0.656. The number of nitrogens with zero attached hydrogens (tertiary/aromatic N) is 2. The highest BCUT2D eigenvalue weighted by Gasteiger charge is 2.12. The summed E-state index contributed by atoms with van der Waals surface area (Å²) >= 11 is 6.02. The van der Waals surface area contributed by atoms with E-state index in [4.69, 9.17) is 17.3 Å². The second kappa shape index (κ2) is 6.03. The SMILES string of the molecule is CCn1cc(CC(CN)c2cccc(Cl)c2)cn1. The Morgan fingerprint density at radius 2 is 2.28 bits per heavy atom. The van der Waals surface area contributed by atoms with E-state index in [9.17, 15) is 0 Å². The number of halogens is 1. The minimum atomic E-state index is 0.290. The summed E-state index contributed by atoms with van der Waals surface area (Å²) in [5.41, 5.74) is 8.28. The van der Waals surface area contributed by atoms with Gasteiger partial charge in [-0.3, -0.25) is 4.68 Å². The molecule has 0 saturated carbocycles. The average molecular weight is 264 g/mol. The minimum Gasteiger partial charge on any atom is -0.330 e. The predicted octanol–water partition coefficient (Wildman–Crippen LogP) is 2.84. The maximum absolute atomic E-state index is 6.02. The number of benzene rings is 1. The van der Waals surface area contributed by atoms with Gasteiger partial charge in [0.1, 0.15) is 0 Å². The molecule has 1 atom stereocenters. The van der Waals surface area contributed by atoms with E-state index in [0.717, 1.165) is 18.0 Å². The van der Waals surface area contributed by atoms with E-state index < -0.39 is 0 Å². The molecule has 1 aromatic carbocycles. The first-order valence-corrected chi connectivity index (χ1v) is 6.57. The van der Waals surface area contributed by atoms with E-state index >= 15 is 0 Å². The third-order valence-electron chi connectivity index (χ3n) is 3.10. The average Bonchev–Trinajstić information content (AvgIpc) is 2.83. The summed E-state index contributed by atoms with van der Waals surface area (Å²) in [4.78, 5) is 0. The zero-order valence-electron chi connectivity index (χ0n) is 10.5. The highest BCUT2D eigenvalue weighted by Crippen LogP contribution is 2.22. The van der Waals surface area contributed by atoms with Crippen molar-refractivity contribution in [2.24, 2.45) is 5.73 Å². The maximum Gasteiger partial charge on any atom is 0.0521 e. The van der Waals surface area contributed by atoms with E-state index in [0.29, 0.717) is 12.5 Å². The first-order chi connectivity index (χ1) is 8.72. The van der Waals surface area contributed by atoms with Crippen LogP contribution < -0.4 is 5.73 Å². The molecule has 18 heavy (non-hydrogen) atoms. The van der Waals surface area contributed by atoms with Crippen molar-refractivity contribution >= 4 is 11.6 Å². The summed E-state index contributed by atoms with van der Waals surface area (Å²) in [6.07, 6.45) is 4.89. The Morgan fingerprint density at radius 3 is 2.89 bits per heavy atom. The molecular formula is C14H18ClN3. The number of hydrogen-bond acceptors (Lipinski definition) is 2. The number of aromatic nitrogens is 2. The van der Waals surface area contributed by atoms with Crippen molar-refractivity contribution in [3.8, 4) is 0 Å². The van der Waals surface area contributed by atoms with Gasteiger partial charge >= 0.3 is 0 Å². The molecule has 0 radical (unpaired) electrons. The molecule has 0 amide bonds. The number of nitrogens with two attached hydrogens (primary N) is 1. The second-order valence-corrected chi connectivity index (χ2v) is 4.83. The van der Waals surface area contributed by atoms with Crippen molar-refractivity contribution in [1.29, 1.82) is 0 Å². The zero-order chi connectivity index (χ0) is 13.0. The highest BCUT2D eigenvalue weighted by atomic mass is 35.5. The van der Waals surface area contributed by atoms with Crippen LogP contribution in [-0.4, -0.2) is 16.3 Å². The van der Waals surface area contributed by atoms with Gasteiger partial charge in [-0.15, -0.1) is 0 Å². The molecule has 1 unspecified atom stereocenters. The Balaban J connectivity index is 2.14. The molecule has 0 bridgehead atoms. The van der Waals surface area contributed by atoms with Gasteiger partial charge < -0.3 is 5.73 Å². The topological polar surface area (TPSA) is 43.8 Å². The third-order valence-corrected chi connectivity index (χ3v) is 3.33. The second-order valence-electron chi connectivity index (χ2n) is 4.40. The van der Waals surface area contributed by atoms with Gasteiger partial charge in [0.2, 0.25) is 0 Å². The van der Waals surface area contributed by atoms with Gasteiger partial charge in [0.15, 0.2) is 0 Å². The van der Waals surface area contributed by atoms with E-state index in [1.165, 1.54) is 11.1 Å². The van der Waals surface area contributed by atoms with Crippen molar-refractivity contribution in [2.45, 2.75) is 25.8 Å². The zero-order valence-corrected chi connectivity index (χ0v) is 11.3. The largest absolute Gasteiger partial charge is 0.330 e. The summed E-state index contributed by atoms with van der Waals surface area (Å²) in [7, 11) is 0. The van der Waals surface area contributed by atoms with Crippen LogP contribution in [0, 0.1) is 0 Å². The van der Waals surface area contributed by atoms with Crippen molar-refractivity contribution in [2.75, 3.05) is 6.54 Å². The van der Waals surface area contributed by atoms with Crippen LogP contribution >= 0.6 is 11.6 Å². The summed E-state index contributed by atoms with van der Waals surface area (Å²) in [6.45, 7) is 3.58. The molecule has 0 aliphatic rings. The Bertz CT molecular complexity index is 507. The standard InChI is InChI=1S/C14H18ClN3/c1-2-18-10-11(9-17-18)6-13(8-16)12-4-3-5-14(15)7-12/h3-5,7,9-10,13H,2,6,8,16H2,1H3. The normalized spacial score (nSPS) is 12.6. The first-order valence-electron chi connectivity index (χ1n) is 6.19. The highest BCUT2D eigenvalue weighted by molar-refractivity contribution is 6.30. The lowest BCUT2D eigenvalue weighted by Gasteiger charge is -2.14. The molecule has 1 aromatic heterocycles. The summed E-state index contributed by atoms with van der Waals surface area (Å²) < 4.78 is 1.93. The molecule has 0 fully saturated rings. The Labute approximate surface area is 113 Å². The van der Waals surface area contributed by atoms with Gasteiger partial charge in [-0.1, -0.05) is 23.7 Å². The molecule has 2 rings (SSSR count). The number of hydrogen-bond donors (Lipinski definition) is 1. The predicted molar refractivity (Wildman–Crippen MR) is 74.9 cm³/mol. The molecule has 2 N–H and O–H groups in total. The Hall–Kier alpha value is -1.32. The van der Waals surface area contributed by atoms with Crippen LogP contribution in [0.3, 0.4) is 0 Å². The molecule has 1 heterocycles. The number of rotatable bonds is 5. The molecule has 3 nitrogen and oxygen atoms in total. The first kappa shape index (κ1) is 13.1. The molecular weight excluding hydrogens is 246 g/mol. The van der Waals surface area contributed by atoms with Crippen LogP contribution in [0.25, 0.3) is 0 Å². The van der Waals surface area contributed by atoms with Crippen molar-refractivity contribution in [3.05, 3.63) is 52.8 Å². The smallest absolute Gasteiger partial charge is 0.0521 e. The van der Waals surface area contributed by atoms with Gasteiger partial charge in [-0.25, -0.2) is 0 Å². The lowest BCUT2D eigenvalue weighted by atomic mass is 9.93. The molecule has 2 aromatic rings. The van der Waals surface area contributed by atoms with Crippen molar-refractivity contribution in [1.82, 2.24) is 9.78 Å². The summed E-state index contributed by atoms with van der Waals surface area (Å²) in [6, 6.07) is 7.92. The van der Waals surface area contributed by atoms with Crippen LogP contribution in [0.15, 0.2) is 36.7 Å². The van der Waals surface area contributed by atoms with Crippen LogP contribution in [-0.2, 0) is 13.0 Å². The van der Waals surface area contributed by atoms with Crippen LogP contribution in [0.5, 0.6) is 0 Å². The van der Waals surface area contributed by atoms with E-state index in [1.807, 2.05) is 29.1 Å². The number of aryl methyl sites for hydroxylation is 1.